The van der Waals surface area contributed by atoms with Gasteiger partial charge in [0, 0.05) is 0 Å². The number of hydrogen-bond acceptors (Lipinski definition) is 5. The summed E-state index contributed by atoms with van der Waals surface area (Å²) in [4.78, 5) is 11.2. The van der Waals surface area contributed by atoms with Gasteiger partial charge in [0.25, 0.3) is 0 Å². The number of halogens is 1. The molecule has 0 aliphatic heterocycles. The Morgan fingerprint density at radius 3 is 2.67 bits per heavy atom. The lowest BCUT2D eigenvalue weighted by Crippen LogP contribution is -2.16. The summed E-state index contributed by atoms with van der Waals surface area (Å²) in [7, 11) is -4.03. The lowest BCUT2D eigenvalue weighted by atomic mass is 10.2. The van der Waals surface area contributed by atoms with E-state index in [1.165, 1.54) is 19.1 Å². The van der Waals surface area contributed by atoms with Crippen LogP contribution < -0.4 is 5.14 Å². The molecule has 0 bridgehead atoms. The number of rotatable bonds is 3. The highest BCUT2D eigenvalue weighted by Gasteiger charge is 2.18. The van der Waals surface area contributed by atoms with Crippen molar-refractivity contribution in [3.8, 4) is 6.07 Å². The topological polar surface area (TPSA) is 110 Å². The molecule has 1 atom stereocenters. The maximum absolute atomic E-state index is 11.6. The number of carbonyl (C=O) groups excluding carboxylic acids is 1. The normalized spacial score (nSPS) is 12.6. The molecule has 0 aromatic heterocycles. The lowest BCUT2D eigenvalue weighted by molar-refractivity contribution is 0.0435. The quantitative estimate of drug-likeness (QED) is 0.836. The fourth-order valence-electron chi connectivity index (χ4n) is 1.10. The van der Waals surface area contributed by atoms with E-state index in [0.29, 0.717) is 0 Å². The molecule has 0 fully saturated rings. The second-order valence-corrected chi connectivity index (χ2v) is 5.30. The second-order valence-electron chi connectivity index (χ2n) is 3.37. The Balaban J connectivity index is 3.15. The summed E-state index contributed by atoms with van der Waals surface area (Å²) in [6.45, 7) is 1.38. The van der Waals surface area contributed by atoms with Gasteiger partial charge < -0.3 is 4.74 Å². The molecular weight excluding hydrogens is 280 g/mol. The molecule has 0 aliphatic rings. The van der Waals surface area contributed by atoms with E-state index >= 15 is 0 Å². The van der Waals surface area contributed by atoms with E-state index in [9.17, 15) is 13.2 Å². The van der Waals surface area contributed by atoms with Crippen LogP contribution in [-0.2, 0) is 14.8 Å². The zero-order valence-corrected chi connectivity index (χ0v) is 10.8. The van der Waals surface area contributed by atoms with Gasteiger partial charge in [-0.1, -0.05) is 11.6 Å². The number of ether oxygens (including phenoxy) is 1. The zero-order valence-electron chi connectivity index (χ0n) is 9.25. The molecule has 1 unspecified atom stereocenters. The van der Waals surface area contributed by atoms with Crippen molar-refractivity contribution >= 4 is 27.6 Å². The number of carbonyl (C=O) groups is 1. The Kier molecular flexibility index (Phi) is 4.29. The highest BCUT2D eigenvalue weighted by molar-refractivity contribution is 7.89. The first-order valence-electron chi connectivity index (χ1n) is 4.68. The Bertz CT molecular complexity index is 621. The van der Waals surface area contributed by atoms with E-state index < -0.39 is 22.1 Å². The maximum atomic E-state index is 11.6. The van der Waals surface area contributed by atoms with Crippen LogP contribution in [0.15, 0.2) is 23.1 Å². The van der Waals surface area contributed by atoms with E-state index in [0.717, 1.165) is 6.07 Å². The number of nitrogens with two attached hydrogens (primary N) is 1. The number of esters is 1. The van der Waals surface area contributed by atoms with Gasteiger partial charge in [0.15, 0.2) is 6.10 Å². The Morgan fingerprint density at radius 2 is 2.17 bits per heavy atom. The first-order chi connectivity index (χ1) is 8.25. The summed E-state index contributed by atoms with van der Waals surface area (Å²) >= 11 is 5.65. The zero-order chi connectivity index (χ0) is 13.9. The molecule has 0 radical (unpaired) electrons. The predicted molar refractivity (Wildman–Crippen MR) is 63.3 cm³/mol. The SMILES string of the molecule is CC(C#N)OC(=O)c1ccc(Cl)c(S(N)(=O)=O)c1. The van der Waals surface area contributed by atoms with Gasteiger partial charge >= 0.3 is 5.97 Å². The van der Waals surface area contributed by atoms with Crippen molar-refractivity contribution in [3.63, 3.8) is 0 Å². The first kappa shape index (κ1) is 14.4. The van der Waals surface area contributed by atoms with Gasteiger partial charge in [0.2, 0.25) is 10.0 Å². The molecule has 18 heavy (non-hydrogen) atoms. The Morgan fingerprint density at radius 1 is 1.56 bits per heavy atom. The van der Waals surface area contributed by atoms with E-state index in [1.54, 1.807) is 6.07 Å². The van der Waals surface area contributed by atoms with Crippen LogP contribution >= 0.6 is 11.6 Å². The Labute approximate surface area is 109 Å². The first-order valence-corrected chi connectivity index (χ1v) is 6.61. The van der Waals surface area contributed by atoms with Gasteiger partial charge in [-0.25, -0.2) is 18.4 Å². The van der Waals surface area contributed by atoms with Gasteiger partial charge in [0.1, 0.15) is 11.0 Å². The van der Waals surface area contributed by atoms with Crippen LogP contribution in [0.3, 0.4) is 0 Å². The van der Waals surface area contributed by atoms with Crippen molar-refractivity contribution in [2.24, 2.45) is 5.14 Å². The van der Waals surface area contributed by atoms with Gasteiger partial charge in [-0.3, -0.25) is 0 Å². The predicted octanol–water partition coefficient (Wildman–Crippen LogP) is 1.06. The van der Waals surface area contributed by atoms with Gasteiger partial charge in [0.05, 0.1) is 10.6 Å². The van der Waals surface area contributed by atoms with Crippen LogP contribution in [-0.4, -0.2) is 20.5 Å². The second kappa shape index (κ2) is 5.35. The molecular formula is C10H9ClN2O4S. The largest absolute Gasteiger partial charge is 0.444 e. The third-order valence-corrected chi connectivity index (χ3v) is 3.33. The molecule has 6 nitrogen and oxygen atoms in total. The molecule has 1 aromatic rings. The van der Waals surface area contributed by atoms with Crippen molar-refractivity contribution in [2.45, 2.75) is 17.9 Å². The monoisotopic (exact) mass is 288 g/mol. The fourth-order valence-corrected chi connectivity index (χ4v) is 2.17. The average Bonchev–Trinajstić information content (AvgIpc) is 2.27. The average molecular weight is 289 g/mol. The maximum Gasteiger partial charge on any atom is 0.339 e. The summed E-state index contributed by atoms with van der Waals surface area (Å²) in [5.74, 6) is -0.828. The van der Waals surface area contributed by atoms with Crippen LogP contribution in [0.25, 0.3) is 0 Å². The number of sulfonamides is 1. The number of benzene rings is 1. The number of nitriles is 1. The highest BCUT2D eigenvalue weighted by atomic mass is 35.5. The lowest BCUT2D eigenvalue weighted by Gasteiger charge is -2.07. The number of nitrogens with zero attached hydrogens (tertiary/aromatic N) is 1. The van der Waals surface area contributed by atoms with Crippen molar-refractivity contribution < 1.29 is 17.9 Å². The van der Waals surface area contributed by atoms with E-state index in [-0.39, 0.29) is 15.5 Å². The molecule has 0 aliphatic carbocycles. The van der Waals surface area contributed by atoms with E-state index in [2.05, 4.69) is 0 Å². The highest BCUT2D eigenvalue weighted by Crippen LogP contribution is 2.22. The minimum Gasteiger partial charge on any atom is -0.444 e. The summed E-state index contributed by atoms with van der Waals surface area (Å²) in [5.41, 5.74) is -0.0504. The molecule has 1 aromatic carbocycles. The molecule has 0 saturated heterocycles. The molecule has 0 heterocycles. The molecule has 0 saturated carbocycles. The summed E-state index contributed by atoms with van der Waals surface area (Å²) in [6, 6.07) is 5.21. The van der Waals surface area contributed by atoms with Crippen molar-refractivity contribution in [1.82, 2.24) is 0 Å². The van der Waals surface area contributed by atoms with Gasteiger partial charge in [-0.05, 0) is 25.1 Å². The summed E-state index contributed by atoms with van der Waals surface area (Å²) in [5, 5.41) is 13.3. The van der Waals surface area contributed by atoms with Gasteiger partial charge in [-0.15, -0.1) is 0 Å². The third kappa shape index (κ3) is 3.43. The smallest absolute Gasteiger partial charge is 0.339 e. The Hall–Kier alpha value is -1.62. The summed E-state index contributed by atoms with van der Waals surface area (Å²) < 4.78 is 27.1. The van der Waals surface area contributed by atoms with Crippen molar-refractivity contribution in [1.29, 1.82) is 5.26 Å². The molecule has 1 rings (SSSR count). The summed E-state index contributed by atoms with van der Waals surface area (Å²) in [6.07, 6.45) is -0.939. The molecule has 8 heteroatoms. The van der Waals surface area contributed by atoms with Crippen LogP contribution in [0.1, 0.15) is 17.3 Å². The van der Waals surface area contributed by atoms with Crippen LogP contribution in [0.4, 0.5) is 0 Å². The molecule has 0 spiro atoms. The number of hydrogen-bond donors (Lipinski definition) is 1. The minimum absolute atomic E-state index is 0.0504. The van der Waals surface area contributed by atoms with Crippen molar-refractivity contribution in [3.05, 3.63) is 28.8 Å². The minimum atomic E-state index is -4.03. The van der Waals surface area contributed by atoms with Crippen LogP contribution in [0.5, 0.6) is 0 Å². The van der Waals surface area contributed by atoms with E-state index in [1.807, 2.05) is 0 Å². The standard InChI is InChI=1S/C10H9ClN2O4S/c1-6(5-12)17-10(14)7-2-3-8(11)9(4-7)18(13,15)16/h2-4,6H,1H3,(H2,13,15,16). The number of primary sulfonamides is 1. The molecule has 2 N–H and O–H groups in total. The van der Waals surface area contributed by atoms with E-state index in [4.69, 9.17) is 26.7 Å². The molecule has 96 valence electrons. The van der Waals surface area contributed by atoms with Crippen LogP contribution in [0.2, 0.25) is 5.02 Å². The molecule has 0 amide bonds. The van der Waals surface area contributed by atoms with Gasteiger partial charge in [-0.2, -0.15) is 5.26 Å². The van der Waals surface area contributed by atoms with Crippen molar-refractivity contribution in [2.75, 3.05) is 0 Å². The fraction of sp³-hybridized carbons (Fsp3) is 0.200. The third-order valence-electron chi connectivity index (χ3n) is 1.94. The van der Waals surface area contributed by atoms with Crippen LogP contribution in [0, 0.1) is 11.3 Å².